The molecule has 0 radical (unpaired) electrons. The Morgan fingerprint density at radius 1 is 1.46 bits per heavy atom. The van der Waals surface area contributed by atoms with Crippen molar-refractivity contribution in [2.75, 3.05) is 26.4 Å². The van der Waals surface area contributed by atoms with Crippen molar-refractivity contribution in [2.24, 2.45) is 5.73 Å². The fourth-order valence-corrected chi connectivity index (χ4v) is 3.22. The van der Waals surface area contributed by atoms with Gasteiger partial charge in [-0.2, -0.15) is 13.5 Å². The molecule has 3 rings (SSSR count). The van der Waals surface area contributed by atoms with Gasteiger partial charge in [-0.3, -0.25) is 14.2 Å². The molecule has 3 aliphatic rings. The van der Waals surface area contributed by atoms with Crippen LogP contribution in [0.3, 0.4) is 0 Å². The van der Waals surface area contributed by atoms with Crippen LogP contribution in [0.5, 0.6) is 0 Å². The summed E-state index contributed by atoms with van der Waals surface area (Å²) in [4.78, 5) is 29.9. The molecule has 0 aromatic rings. The molecule has 148 valence electrons. The number of alkyl halides is 2. The fourth-order valence-electron chi connectivity index (χ4n) is 2.85. The maximum Gasteiger partial charge on any atom is 0.418 e. The molecule has 3 heterocycles. The lowest BCUT2D eigenvalue weighted by molar-refractivity contribution is -0.163. The minimum Gasteiger partial charge on any atom is -0.377 e. The average Bonchev–Trinajstić information content (AvgIpc) is 2.76. The van der Waals surface area contributed by atoms with Gasteiger partial charge in [0, 0.05) is 6.42 Å². The van der Waals surface area contributed by atoms with E-state index >= 15 is 0 Å². The predicted molar refractivity (Wildman–Crippen MR) is 75.5 cm³/mol. The quantitative estimate of drug-likeness (QED) is 0.337. The van der Waals surface area contributed by atoms with E-state index in [2.05, 4.69) is 4.28 Å². The van der Waals surface area contributed by atoms with E-state index in [-0.39, 0.29) is 24.9 Å². The van der Waals surface area contributed by atoms with Gasteiger partial charge in [0.25, 0.3) is 11.8 Å². The summed E-state index contributed by atoms with van der Waals surface area (Å²) in [6.45, 7) is -0.387. The van der Waals surface area contributed by atoms with Crippen LogP contribution >= 0.6 is 0 Å². The maximum absolute atomic E-state index is 14.2. The number of hydrogen-bond acceptors (Lipinski definition) is 8. The standard InChI is InChI=1S/C11H16F2N4O8S/c12-11(13)1-6(8(18)15-24-5-10(14)3-23-4-10)16-2-7(11)17(9(16)19)25-26(20,21)22/h6-7H,1-5,14H2,(H,15,18)(H,20,21,22)/t6-,7-/m0/s1. The first-order chi connectivity index (χ1) is 11.9. The highest BCUT2D eigenvalue weighted by Gasteiger charge is 2.62. The monoisotopic (exact) mass is 402 g/mol. The summed E-state index contributed by atoms with van der Waals surface area (Å²) in [5.74, 6) is -4.68. The highest BCUT2D eigenvalue weighted by atomic mass is 32.3. The molecular weight excluding hydrogens is 386 g/mol. The van der Waals surface area contributed by atoms with Crippen molar-refractivity contribution < 1.29 is 45.2 Å². The van der Waals surface area contributed by atoms with Crippen molar-refractivity contribution in [3.05, 3.63) is 0 Å². The maximum atomic E-state index is 14.2. The molecule has 3 saturated heterocycles. The van der Waals surface area contributed by atoms with E-state index in [0.717, 1.165) is 0 Å². The molecule has 0 spiro atoms. The normalized spacial score (nSPS) is 29.5. The van der Waals surface area contributed by atoms with E-state index in [0.29, 0.717) is 4.90 Å². The minimum atomic E-state index is -5.20. The number of urea groups is 1. The molecule has 26 heavy (non-hydrogen) atoms. The second kappa shape index (κ2) is 6.21. The number of ether oxygens (including phenoxy) is 1. The van der Waals surface area contributed by atoms with Crippen molar-refractivity contribution in [3.8, 4) is 0 Å². The van der Waals surface area contributed by atoms with Crippen molar-refractivity contribution in [2.45, 2.75) is 30.0 Å². The zero-order valence-corrected chi connectivity index (χ0v) is 13.9. The highest BCUT2D eigenvalue weighted by Crippen LogP contribution is 2.41. The SMILES string of the molecule is NC1(CONC(=O)[C@@H]2CC(F)(F)[C@@H]3CN2C(=O)N3OS(=O)(=O)O)COC1. The summed E-state index contributed by atoms with van der Waals surface area (Å²) in [7, 11) is -5.20. The van der Waals surface area contributed by atoms with E-state index in [1.165, 1.54) is 0 Å². The summed E-state index contributed by atoms with van der Waals surface area (Å²) >= 11 is 0. The Morgan fingerprint density at radius 2 is 2.12 bits per heavy atom. The Bertz CT molecular complexity index is 715. The van der Waals surface area contributed by atoms with Crippen molar-refractivity contribution in [1.82, 2.24) is 15.4 Å². The van der Waals surface area contributed by atoms with Gasteiger partial charge in [-0.1, -0.05) is 0 Å². The molecule has 2 atom stereocenters. The molecule has 4 N–H and O–H groups in total. The van der Waals surface area contributed by atoms with Crippen LogP contribution in [-0.4, -0.2) is 84.8 Å². The number of nitrogens with one attached hydrogen (secondary N) is 1. The Morgan fingerprint density at radius 3 is 2.65 bits per heavy atom. The number of nitrogens with zero attached hydrogens (tertiary/aromatic N) is 2. The first-order valence-electron chi connectivity index (χ1n) is 7.35. The fraction of sp³-hybridized carbons (Fsp3) is 0.818. The van der Waals surface area contributed by atoms with Gasteiger partial charge in [-0.25, -0.2) is 19.1 Å². The van der Waals surface area contributed by atoms with E-state index in [1.54, 1.807) is 0 Å². The number of amides is 3. The number of carbonyl (C=O) groups excluding carboxylic acids is 2. The van der Waals surface area contributed by atoms with Crippen molar-refractivity contribution in [1.29, 1.82) is 0 Å². The summed E-state index contributed by atoms with van der Waals surface area (Å²) in [6.07, 6.45) is -1.08. The zero-order valence-electron chi connectivity index (χ0n) is 13.1. The third-order valence-electron chi connectivity index (χ3n) is 4.20. The van der Waals surface area contributed by atoms with Crippen LogP contribution in [0.1, 0.15) is 6.42 Å². The van der Waals surface area contributed by atoms with Gasteiger partial charge in [0.05, 0.1) is 31.9 Å². The summed E-state index contributed by atoms with van der Waals surface area (Å²) < 4.78 is 67.5. The van der Waals surface area contributed by atoms with Gasteiger partial charge in [-0.05, 0) is 0 Å². The van der Waals surface area contributed by atoms with E-state index < -0.39 is 58.8 Å². The van der Waals surface area contributed by atoms with Crippen LogP contribution in [-0.2, 0) is 29.1 Å². The molecular formula is C11H16F2N4O8S. The lowest BCUT2D eigenvalue weighted by atomic mass is 9.96. The van der Waals surface area contributed by atoms with Crippen LogP contribution in [0.25, 0.3) is 0 Å². The smallest absolute Gasteiger partial charge is 0.377 e. The number of nitrogens with two attached hydrogens (primary N) is 1. The van der Waals surface area contributed by atoms with Crippen molar-refractivity contribution >= 4 is 22.3 Å². The summed E-state index contributed by atoms with van der Waals surface area (Å²) in [5, 5.41) is -0.149. The highest BCUT2D eigenvalue weighted by molar-refractivity contribution is 7.80. The Balaban J connectivity index is 1.67. The largest absolute Gasteiger partial charge is 0.418 e. The van der Waals surface area contributed by atoms with Crippen LogP contribution in [0.2, 0.25) is 0 Å². The van der Waals surface area contributed by atoms with Crippen molar-refractivity contribution in [3.63, 3.8) is 0 Å². The lowest BCUT2D eigenvalue weighted by Crippen LogP contribution is -2.62. The molecule has 0 aliphatic carbocycles. The summed E-state index contributed by atoms with van der Waals surface area (Å²) in [6, 6.07) is -4.90. The zero-order chi connectivity index (χ0) is 19.3. The molecule has 3 aliphatic heterocycles. The van der Waals surface area contributed by atoms with E-state index in [4.69, 9.17) is 19.9 Å². The second-order valence-corrected chi connectivity index (χ2v) is 7.37. The first-order valence-corrected chi connectivity index (χ1v) is 8.71. The predicted octanol–water partition coefficient (Wildman–Crippen LogP) is -1.99. The van der Waals surface area contributed by atoms with Gasteiger partial charge >= 0.3 is 16.4 Å². The van der Waals surface area contributed by atoms with Crippen LogP contribution in [0.4, 0.5) is 13.6 Å². The molecule has 15 heteroatoms. The van der Waals surface area contributed by atoms with Crippen LogP contribution in [0.15, 0.2) is 0 Å². The lowest BCUT2D eigenvalue weighted by Gasteiger charge is -2.37. The molecule has 0 aromatic carbocycles. The van der Waals surface area contributed by atoms with E-state index in [9.17, 15) is 26.8 Å². The topological polar surface area (TPSA) is 161 Å². The number of rotatable bonds is 6. The Kier molecular flexibility index (Phi) is 4.56. The number of hydrogen-bond donors (Lipinski definition) is 3. The molecule has 3 fully saturated rings. The number of hydroxylamine groups is 3. The van der Waals surface area contributed by atoms with Gasteiger partial charge < -0.3 is 15.4 Å². The third kappa shape index (κ3) is 3.58. The third-order valence-corrected chi connectivity index (χ3v) is 4.55. The van der Waals surface area contributed by atoms with E-state index in [1.807, 2.05) is 5.48 Å². The Hall–Kier alpha value is -1.65. The average molecular weight is 402 g/mol. The number of halogens is 2. The van der Waals surface area contributed by atoms with Gasteiger partial charge in [0.2, 0.25) is 0 Å². The number of piperidine rings is 1. The van der Waals surface area contributed by atoms with Gasteiger partial charge in [-0.15, -0.1) is 4.28 Å². The van der Waals surface area contributed by atoms with Crippen LogP contribution < -0.4 is 11.2 Å². The molecule has 2 bridgehead atoms. The number of carbonyl (C=O) groups is 2. The molecule has 0 saturated carbocycles. The first kappa shape index (κ1) is 19.1. The minimum absolute atomic E-state index is 0.129. The molecule has 12 nitrogen and oxygen atoms in total. The van der Waals surface area contributed by atoms with Crippen LogP contribution in [0, 0.1) is 0 Å². The Labute approximate surface area is 146 Å². The number of fused-ring (bicyclic) bond motifs is 2. The molecule has 3 amide bonds. The van der Waals surface area contributed by atoms with Gasteiger partial charge in [0.1, 0.15) is 12.1 Å². The molecule has 0 aromatic heterocycles. The summed E-state index contributed by atoms with van der Waals surface area (Å²) in [5.41, 5.74) is 6.94. The van der Waals surface area contributed by atoms with Gasteiger partial charge in [0.15, 0.2) is 0 Å². The molecule has 0 unspecified atom stereocenters. The second-order valence-electron chi connectivity index (χ2n) is 6.37.